The molecule has 0 saturated carbocycles. The number of methoxy groups -OCH3 is 1. The van der Waals surface area contributed by atoms with Crippen molar-refractivity contribution in [3.05, 3.63) is 48.1 Å². The summed E-state index contributed by atoms with van der Waals surface area (Å²) < 4.78 is 10.4. The van der Waals surface area contributed by atoms with Crippen molar-refractivity contribution in [1.29, 1.82) is 0 Å². The smallest absolute Gasteiger partial charge is 0.256 e. The van der Waals surface area contributed by atoms with E-state index >= 15 is 0 Å². The Balaban J connectivity index is 1.59. The van der Waals surface area contributed by atoms with E-state index in [0.717, 1.165) is 0 Å². The Morgan fingerprint density at radius 3 is 2.72 bits per heavy atom. The molecule has 36 heavy (non-hydrogen) atoms. The predicted octanol–water partition coefficient (Wildman–Crippen LogP) is 3.49. The van der Waals surface area contributed by atoms with Crippen LogP contribution in [0.15, 0.2) is 41.3 Å². The topological polar surface area (TPSA) is 151 Å². The van der Waals surface area contributed by atoms with Crippen molar-refractivity contribution in [1.82, 2.24) is 25.1 Å². The number of amides is 1. The van der Waals surface area contributed by atoms with Crippen LogP contribution >= 0.6 is 0 Å². The molecule has 4 aromatic rings. The molecule has 0 aliphatic rings. The average Bonchev–Trinajstić information content (AvgIpc) is 3.33. The molecule has 0 spiro atoms. The molecule has 188 valence electrons. The van der Waals surface area contributed by atoms with Gasteiger partial charge in [-0.1, -0.05) is 25.9 Å². The number of aromatic nitrogens is 5. The molecule has 1 aromatic carbocycles. The number of carbonyl (C=O) groups excluding carboxylic acids is 1. The second-order valence-corrected chi connectivity index (χ2v) is 9.18. The van der Waals surface area contributed by atoms with Crippen molar-refractivity contribution in [2.75, 3.05) is 42.8 Å². The van der Waals surface area contributed by atoms with Gasteiger partial charge in [-0.15, -0.1) is 0 Å². The number of likely N-dealkylation sites (N-methyl/N-ethyl adjacent to an activating group) is 1. The van der Waals surface area contributed by atoms with Crippen molar-refractivity contribution < 1.29 is 19.2 Å². The van der Waals surface area contributed by atoms with Gasteiger partial charge >= 0.3 is 0 Å². The minimum atomic E-state index is -0.413. The van der Waals surface area contributed by atoms with Crippen molar-refractivity contribution in [3.63, 3.8) is 0 Å². The van der Waals surface area contributed by atoms with Crippen LogP contribution in [-0.2, 0) is 10.2 Å². The number of nitrogens with zero attached hydrogens (tertiary/aromatic N) is 6. The highest BCUT2D eigenvalue weighted by Gasteiger charge is 2.21. The molecular weight excluding hydrogens is 464 g/mol. The van der Waals surface area contributed by atoms with Crippen LogP contribution in [0.25, 0.3) is 11.0 Å². The summed E-state index contributed by atoms with van der Waals surface area (Å²) in [6.07, 6.45) is 2.97. The van der Waals surface area contributed by atoms with Crippen LogP contribution in [0.4, 0.5) is 23.3 Å². The molecule has 3 N–H and O–H groups in total. The van der Waals surface area contributed by atoms with Crippen LogP contribution in [0.3, 0.4) is 0 Å². The Morgan fingerprint density at radius 2 is 2.00 bits per heavy atom. The number of fused-ring (bicyclic) bond motifs is 1. The lowest BCUT2D eigenvalue weighted by atomic mass is 9.93. The molecule has 0 unspecified atom stereocenters. The van der Waals surface area contributed by atoms with Crippen LogP contribution in [-0.4, -0.2) is 63.4 Å². The van der Waals surface area contributed by atoms with Gasteiger partial charge in [0.05, 0.1) is 18.5 Å². The third-order valence-corrected chi connectivity index (χ3v) is 5.34. The van der Waals surface area contributed by atoms with E-state index in [1.54, 1.807) is 19.4 Å². The molecule has 0 fully saturated rings. The Morgan fingerprint density at radius 1 is 1.19 bits per heavy atom. The van der Waals surface area contributed by atoms with Gasteiger partial charge in [-0.2, -0.15) is 0 Å². The third kappa shape index (κ3) is 5.49. The van der Waals surface area contributed by atoms with E-state index < -0.39 is 5.91 Å². The van der Waals surface area contributed by atoms with E-state index in [2.05, 4.69) is 35.7 Å². The fourth-order valence-corrected chi connectivity index (χ4v) is 3.23. The molecule has 4 rings (SSSR count). The molecular formula is C24H28N8O4. The Labute approximate surface area is 207 Å². The molecule has 0 bridgehead atoms. The fraction of sp³-hybridized carbons (Fsp3) is 0.333. The van der Waals surface area contributed by atoms with E-state index in [0.29, 0.717) is 53.1 Å². The monoisotopic (exact) mass is 492 g/mol. The summed E-state index contributed by atoms with van der Waals surface area (Å²) in [5.74, 6) is 1.29. The minimum absolute atomic E-state index is 0.0683. The van der Waals surface area contributed by atoms with E-state index in [9.17, 15) is 9.90 Å². The average molecular weight is 493 g/mol. The Hall–Kier alpha value is -4.32. The maximum Gasteiger partial charge on any atom is 0.256 e. The predicted molar refractivity (Wildman–Crippen MR) is 135 cm³/mol. The number of rotatable bonds is 8. The maximum atomic E-state index is 12.8. The second kappa shape index (κ2) is 10.1. The Bertz CT molecular complexity index is 1380. The van der Waals surface area contributed by atoms with Crippen molar-refractivity contribution in [2.45, 2.75) is 26.2 Å². The summed E-state index contributed by atoms with van der Waals surface area (Å²) in [4.78, 5) is 32.1. The van der Waals surface area contributed by atoms with Crippen LogP contribution in [0.2, 0.25) is 0 Å². The first kappa shape index (κ1) is 24.8. The number of carbonyl (C=O) groups is 1. The van der Waals surface area contributed by atoms with Gasteiger partial charge in [0.25, 0.3) is 5.91 Å². The summed E-state index contributed by atoms with van der Waals surface area (Å²) in [6.45, 7) is 7.07. The number of ether oxygens (including phenoxy) is 1. The maximum absolute atomic E-state index is 12.8. The SMILES string of the molecule is COCCN(C)c1ncc2ncnc(Nc3cc(C(=O)Nc4cc(C(C)(C)C)on4)ccc3O)c2n1. The summed E-state index contributed by atoms with van der Waals surface area (Å²) in [7, 11) is 3.48. The molecule has 0 aliphatic carbocycles. The van der Waals surface area contributed by atoms with Gasteiger partial charge in [0.1, 0.15) is 28.9 Å². The van der Waals surface area contributed by atoms with Gasteiger partial charge in [-0.3, -0.25) is 4.79 Å². The van der Waals surface area contributed by atoms with E-state index in [1.807, 2.05) is 32.7 Å². The quantitative estimate of drug-likeness (QED) is 0.310. The van der Waals surface area contributed by atoms with Gasteiger partial charge in [-0.05, 0) is 18.2 Å². The number of anilines is 4. The summed E-state index contributed by atoms with van der Waals surface area (Å²) in [6, 6.07) is 6.12. The first-order valence-corrected chi connectivity index (χ1v) is 11.2. The zero-order valence-electron chi connectivity index (χ0n) is 20.7. The summed E-state index contributed by atoms with van der Waals surface area (Å²) in [5.41, 5.74) is 1.30. The highest BCUT2D eigenvalue weighted by Crippen LogP contribution is 2.30. The highest BCUT2D eigenvalue weighted by molar-refractivity contribution is 6.04. The standard InChI is InChI=1S/C24H28N8O4/c1-24(2,3)18-11-19(31-36-18)29-22(34)14-6-7-17(33)15(10-14)28-21-20-16(26-13-27-21)12-25-23(30-20)32(4)8-9-35-5/h6-7,10-13,33H,8-9H2,1-5H3,(H,26,27,28)(H,29,31,34). The first-order chi connectivity index (χ1) is 17.2. The third-order valence-electron chi connectivity index (χ3n) is 5.34. The van der Waals surface area contributed by atoms with Gasteiger partial charge in [0, 0.05) is 37.7 Å². The lowest BCUT2D eigenvalue weighted by Crippen LogP contribution is -2.24. The van der Waals surface area contributed by atoms with Crippen LogP contribution in [0.1, 0.15) is 36.9 Å². The Kier molecular flexibility index (Phi) is 6.97. The fourth-order valence-electron chi connectivity index (χ4n) is 3.23. The largest absolute Gasteiger partial charge is 0.506 e. The second-order valence-electron chi connectivity index (χ2n) is 9.18. The first-order valence-electron chi connectivity index (χ1n) is 11.2. The van der Waals surface area contributed by atoms with Gasteiger partial charge in [0.15, 0.2) is 11.6 Å². The van der Waals surface area contributed by atoms with Gasteiger partial charge in [-0.25, -0.2) is 19.9 Å². The number of aromatic hydroxyl groups is 1. The number of phenols is 1. The van der Waals surface area contributed by atoms with Crippen LogP contribution in [0, 0.1) is 0 Å². The number of hydrogen-bond acceptors (Lipinski definition) is 11. The molecule has 1 amide bonds. The van der Waals surface area contributed by atoms with Crippen LogP contribution in [0.5, 0.6) is 5.75 Å². The highest BCUT2D eigenvalue weighted by atomic mass is 16.5. The zero-order valence-corrected chi connectivity index (χ0v) is 20.7. The van der Waals surface area contributed by atoms with Gasteiger partial charge < -0.3 is 29.9 Å². The molecule has 0 aliphatic heterocycles. The normalized spacial score (nSPS) is 11.5. The van der Waals surface area contributed by atoms with E-state index in [-0.39, 0.29) is 16.9 Å². The molecule has 0 saturated heterocycles. The molecule has 0 atom stereocenters. The summed E-state index contributed by atoms with van der Waals surface area (Å²) in [5, 5.41) is 20.1. The number of phenolic OH excluding ortho intramolecular Hbond substituents is 1. The van der Waals surface area contributed by atoms with Gasteiger partial charge in [0.2, 0.25) is 5.95 Å². The molecule has 12 nitrogen and oxygen atoms in total. The number of benzene rings is 1. The van der Waals surface area contributed by atoms with E-state index in [4.69, 9.17) is 9.26 Å². The molecule has 3 heterocycles. The minimum Gasteiger partial charge on any atom is -0.506 e. The van der Waals surface area contributed by atoms with Crippen molar-refractivity contribution >= 4 is 40.2 Å². The molecule has 3 aromatic heterocycles. The zero-order chi connectivity index (χ0) is 25.9. The van der Waals surface area contributed by atoms with Crippen molar-refractivity contribution in [3.8, 4) is 5.75 Å². The lowest BCUT2D eigenvalue weighted by molar-refractivity contribution is 0.102. The van der Waals surface area contributed by atoms with Crippen LogP contribution < -0.4 is 15.5 Å². The molecule has 12 heteroatoms. The summed E-state index contributed by atoms with van der Waals surface area (Å²) >= 11 is 0. The number of hydrogen-bond donors (Lipinski definition) is 3. The molecule has 0 radical (unpaired) electrons. The lowest BCUT2D eigenvalue weighted by Gasteiger charge is -2.17. The van der Waals surface area contributed by atoms with E-state index in [1.165, 1.54) is 24.5 Å². The van der Waals surface area contributed by atoms with Crippen molar-refractivity contribution in [2.24, 2.45) is 0 Å². The number of nitrogens with one attached hydrogen (secondary N) is 2.